The molecule has 0 heterocycles. The Bertz CT molecular complexity index is 1200. The summed E-state index contributed by atoms with van der Waals surface area (Å²) in [5.74, 6) is -0.892. The highest BCUT2D eigenvalue weighted by Gasteiger charge is 2.19. The van der Waals surface area contributed by atoms with Gasteiger partial charge in [0, 0.05) is 19.3 Å². The number of carbonyl (C=O) groups is 3. The predicted molar refractivity (Wildman–Crippen MR) is 298 cm³/mol. The van der Waals surface area contributed by atoms with E-state index in [2.05, 4.69) is 69.4 Å². The van der Waals surface area contributed by atoms with E-state index in [0.29, 0.717) is 19.3 Å². The molecular formula is C63H114O6. The molecular weight excluding hydrogens is 853 g/mol. The van der Waals surface area contributed by atoms with Crippen LogP contribution in [0.2, 0.25) is 0 Å². The van der Waals surface area contributed by atoms with E-state index < -0.39 is 6.10 Å². The van der Waals surface area contributed by atoms with Gasteiger partial charge in [0.2, 0.25) is 0 Å². The van der Waals surface area contributed by atoms with Crippen molar-refractivity contribution in [3.05, 3.63) is 48.6 Å². The Morgan fingerprint density at radius 1 is 0.290 bits per heavy atom. The van der Waals surface area contributed by atoms with Gasteiger partial charge in [0.05, 0.1) is 0 Å². The van der Waals surface area contributed by atoms with Crippen LogP contribution in [-0.2, 0) is 28.6 Å². The molecule has 0 saturated heterocycles. The standard InChI is InChI=1S/C63H114O6/c1-4-7-10-13-16-19-22-25-28-30-31-32-33-36-38-41-44-47-50-53-56-62(65)68-59-60(58-67-61(64)55-52-49-46-43-40-37-34-27-24-21-18-15-12-9-6-3)69-63(66)57-54-51-48-45-42-39-35-29-26-23-20-17-14-11-8-5-2/h18,20-21,23,27,29,34-35,60H,4-17,19,22,24-26,28,30-33,36-59H2,1-3H3/b21-18-,23-20-,34-27-,35-29-. The van der Waals surface area contributed by atoms with E-state index in [1.54, 1.807) is 0 Å². The number of rotatable bonds is 55. The Morgan fingerprint density at radius 2 is 0.522 bits per heavy atom. The largest absolute Gasteiger partial charge is 0.462 e. The van der Waals surface area contributed by atoms with Crippen LogP contribution in [0, 0.1) is 0 Å². The zero-order valence-corrected chi connectivity index (χ0v) is 46.1. The van der Waals surface area contributed by atoms with E-state index in [4.69, 9.17) is 14.2 Å². The summed E-state index contributed by atoms with van der Waals surface area (Å²) in [6.07, 6.45) is 71.0. The molecule has 0 aromatic heterocycles. The highest BCUT2D eigenvalue weighted by Crippen LogP contribution is 2.17. The van der Waals surface area contributed by atoms with Gasteiger partial charge in [-0.2, -0.15) is 0 Å². The fourth-order valence-corrected chi connectivity index (χ4v) is 8.74. The van der Waals surface area contributed by atoms with E-state index in [-0.39, 0.29) is 31.1 Å². The molecule has 0 N–H and O–H groups in total. The SMILES string of the molecule is CCCCC/C=C\C/C=C\CCCCCCCC(=O)OCC(COC(=O)CCCCCCCCCCCCCCCCCCCCCC)OC(=O)CCCCCCC/C=C\C/C=C\CCCCCC. The van der Waals surface area contributed by atoms with Crippen molar-refractivity contribution < 1.29 is 28.6 Å². The molecule has 1 unspecified atom stereocenters. The van der Waals surface area contributed by atoms with Gasteiger partial charge in [0.25, 0.3) is 0 Å². The lowest BCUT2D eigenvalue weighted by Crippen LogP contribution is -2.30. The van der Waals surface area contributed by atoms with Crippen molar-refractivity contribution >= 4 is 17.9 Å². The normalized spacial score (nSPS) is 12.3. The lowest BCUT2D eigenvalue weighted by Gasteiger charge is -2.18. The topological polar surface area (TPSA) is 78.9 Å². The van der Waals surface area contributed by atoms with E-state index in [9.17, 15) is 14.4 Å². The fraction of sp³-hybridized carbons (Fsp3) is 0.825. The number of allylic oxidation sites excluding steroid dienone is 8. The van der Waals surface area contributed by atoms with Crippen LogP contribution in [0.1, 0.15) is 316 Å². The van der Waals surface area contributed by atoms with Crippen molar-refractivity contribution in [2.24, 2.45) is 0 Å². The van der Waals surface area contributed by atoms with Gasteiger partial charge in [-0.25, -0.2) is 0 Å². The first-order chi connectivity index (χ1) is 34.0. The molecule has 0 saturated carbocycles. The van der Waals surface area contributed by atoms with Gasteiger partial charge in [0.1, 0.15) is 13.2 Å². The van der Waals surface area contributed by atoms with E-state index in [1.807, 2.05) is 0 Å². The second-order valence-electron chi connectivity index (χ2n) is 20.3. The molecule has 1 atom stereocenters. The summed E-state index contributed by atoms with van der Waals surface area (Å²) in [5.41, 5.74) is 0. The zero-order valence-electron chi connectivity index (χ0n) is 46.1. The van der Waals surface area contributed by atoms with E-state index in [0.717, 1.165) is 103 Å². The molecule has 0 spiro atoms. The molecule has 0 aliphatic carbocycles. The Kier molecular flexibility index (Phi) is 55.7. The zero-order chi connectivity index (χ0) is 50.0. The third-order valence-corrected chi connectivity index (χ3v) is 13.3. The summed E-state index contributed by atoms with van der Waals surface area (Å²) in [6.45, 7) is 6.62. The summed E-state index contributed by atoms with van der Waals surface area (Å²) >= 11 is 0. The number of hydrogen-bond acceptors (Lipinski definition) is 6. The molecule has 0 bridgehead atoms. The molecule has 0 fully saturated rings. The minimum atomic E-state index is -0.785. The van der Waals surface area contributed by atoms with Crippen LogP contribution in [0.15, 0.2) is 48.6 Å². The van der Waals surface area contributed by atoms with E-state index >= 15 is 0 Å². The maximum absolute atomic E-state index is 12.9. The van der Waals surface area contributed by atoms with Crippen LogP contribution in [0.4, 0.5) is 0 Å². The maximum Gasteiger partial charge on any atom is 0.306 e. The van der Waals surface area contributed by atoms with Crippen LogP contribution in [0.25, 0.3) is 0 Å². The lowest BCUT2D eigenvalue weighted by atomic mass is 10.0. The van der Waals surface area contributed by atoms with Crippen LogP contribution < -0.4 is 0 Å². The lowest BCUT2D eigenvalue weighted by molar-refractivity contribution is -0.167. The Hall–Kier alpha value is -2.63. The molecule has 402 valence electrons. The predicted octanol–water partition coefficient (Wildman–Crippen LogP) is 20.2. The van der Waals surface area contributed by atoms with Gasteiger partial charge >= 0.3 is 17.9 Å². The third kappa shape index (κ3) is 56.2. The molecule has 0 radical (unpaired) electrons. The summed E-state index contributed by atoms with van der Waals surface area (Å²) < 4.78 is 16.9. The van der Waals surface area contributed by atoms with Crippen LogP contribution in [0.3, 0.4) is 0 Å². The molecule has 0 aromatic carbocycles. The number of esters is 3. The molecule has 6 heteroatoms. The molecule has 6 nitrogen and oxygen atoms in total. The average molecular weight is 968 g/mol. The number of hydrogen-bond donors (Lipinski definition) is 0. The first-order valence-corrected chi connectivity index (χ1v) is 30.1. The Labute approximate surface area is 428 Å². The molecule has 0 aliphatic heterocycles. The minimum Gasteiger partial charge on any atom is -0.462 e. The fourth-order valence-electron chi connectivity index (χ4n) is 8.74. The number of carbonyl (C=O) groups excluding carboxylic acids is 3. The molecule has 69 heavy (non-hydrogen) atoms. The summed E-state index contributed by atoms with van der Waals surface area (Å²) in [4.78, 5) is 38.2. The quantitative estimate of drug-likeness (QED) is 0.0262. The van der Waals surface area contributed by atoms with Gasteiger partial charge < -0.3 is 14.2 Å². The smallest absolute Gasteiger partial charge is 0.306 e. The maximum atomic E-state index is 12.9. The van der Waals surface area contributed by atoms with Crippen molar-refractivity contribution in [3.63, 3.8) is 0 Å². The average Bonchev–Trinajstić information content (AvgIpc) is 3.35. The first kappa shape index (κ1) is 66.4. The van der Waals surface area contributed by atoms with Crippen LogP contribution >= 0.6 is 0 Å². The van der Waals surface area contributed by atoms with Gasteiger partial charge in [-0.3, -0.25) is 14.4 Å². The van der Waals surface area contributed by atoms with Gasteiger partial charge in [0.15, 0.2) is 6.10 Å². The monoisotopic (exact) mass is 967 g/mol. The van der Waals surface area contributed by atoms with Crippen LogP contribution in [0.5, 0.6) is 0 Å². The van der Waals surface area contributed by atoms with Crippen molar-refractivity contribution in [2.75, 3.05) is 13.2 Å². The second-order valence-corrected chi connectivity index (χ2v) is 20.3. The van der Waals surface area contributed by atoms with Crippen molar-refractivity contribution in [1.29, 1.82) is 0 Å². The van der Waals surface area contributed by atoms with Crippen molar-refractivity contribution in [2.45, 2.75) is 322 Å². The minimum absolute atomic E-state index is 0.0804. The molecule has 0 rings (SSSR count). The third-order valence-electron chi connectivity index (χ3n) is 13.3. The highest BCUT2D eigenvalue weighted by molar-refractivity contribution is 5.71. The molecule has 0 amide bonds. The summed E-state index contributed by atoms with van der Waals surface area (Å²) in [6, 6.07) is 0. The van der Waals surface area contributed by atoms with E-state index in [1.165, 1.54) is 173 Å². The van der Waals surface area contributed by atoms with Gasteiger partial charge in [-0.05, 0) is 83.5 Å². The molecule has 0 aromatic rings. The Morgan fingerprint density at radius 3 is 0.841 bits per heavy atom. The summed E-state index contributed by atoms with van der Waals surface area (Å²) in [7, 11) is 0. The highest BCUT2D eigenvalue weighted by atomic mass is 16.6. The Balaban J connectivity index is 4.36. The number of unbranched alkanes of at least 4 members (excludes halogenated alkanes) is 36. The molecule has 0 aliphatic rings. The van der Waals surface area contributed by atoms with Crippen LogP contribution in [-0.4, -0.2) is 37.2 Å². The second kappa shape index (κ2) is 57.9. The van der Waals surface area contributed by atoms with Crippen molar-refractivity contribution in [3.8, 4) is 0 Å². The summed E-state index contributed by atoms with van der Waals surface area (Å²) in [5, 5.41) is 0. The first-order valence-electron chi connectivity index (χ1n) is 30.1. The number of ether oxygens (including phenoxy) is 3. The van der Waals surface area contributed by atoms with Crippen molar-refractivity contribution in [1.82, 2.24) is 0 Å². The van der Waals surface area contributed by atoms with Gasteiger partial charge in [-0.15, -0.1) is 0 Å². The van der Waals surface area contributed by atoms with Gasteiger partial charge in [-0.1, -0.05) is 262 Å².